The van der Waals surface area contributed by atoms with Crippen molar-refractivity contribution in [2.75, 3.05) is 25.1 Å². The number of nitro groups is 1. The summed E-state index contributed by atoms with van der Waals surface area (Å²) in [5.74, 6) is -0.00428. The fourth-order valence-electron chi connectivity index (χ4n) is 2.16. The molecule has 114 valence electrons. The summed E-state index contributed by atoms with van der Waals surface area (Å²) < 4.78 is 5.22. The van der Waals surface area contributed by atoms with Crippen LogP contribution < -0.4 is 10.6 Å². The van der Waals surface area contributed by atoms with Gasteiger partial charge in [-0.3, -0.25) is 14.9 Å². The van der Waals surface area contributed by atoms with Crippen molar-refractivity contribution < 1.29 is 14.5 Å². The predicted octanol–water partition coefficient (Wildman–Crippen LogP) is 1.33. The molecule has 8 nitrogen and oxygen atoms in total. The topological polar surface area (TPSA) is 106 Å². The van der Waals surface area contributed by atoms with E-state index in [1.807, 2.05) is 6.92 Å². The van der Waals surface area contributed by atoms with Gasteiger partial charge in [0, 0.05) is 31.9 Å². The highest BCUT2D eigenvalue weighted by molar-refractivity contribution is 5.98. The number of carbonyl (C=O) groups is 1. The number of nitrogens with zero attached hydrogens (tertiary/aromatic N) is 2. The van der Waals surface area contributed by atoms with Gasteiger partial charge >= 0.3 is 0 Å². The summed E-state index contributed by atoms with van der Waals surface area (Å²) in [6.45, 7) is 3.68. The Labute approximate surface area is 122 Å². The number of carbonyl (C=O) groups excluding carboxylic acids is 1. The number of ether oxygens (including phenoxy) is 1. The Morgan fingerprint density at radius 1 is 1.52 bits per heavy atom. The first-order chi connectivity index (χ1) is 10.1. The molecule has 2 heterocycles. The standard InChI is InChI=1S/C13H18N4O4/c1-2-14-12-7-10(11(8-15-12)17(19)20)13(18)16-9-3-5-21-6-4-9/h7-9H,2-6H2,1H3,(H,14,15)(H,16,18). The third-order valence-electron chi connectivity index (χ3n) is 3.24. The van der Waals surface area contributed by atoms with Crippen molar-refractivity contribution >= 4 is 17.4 Å². The van der Waals surface area contributed by atoms with Crippen molar-refractivity contribution in [1.29, 1.82) is 0 Å². The summed E-state index contributed by atoms with van der Waals surface area (Å²) in [4.78, 5) is 26.6. The highest BCUT2D eigenvalue weighted by Gasteiger charge is 2.24. The van der Waals surface area contributed by atoms with Crippen molar-refractivity contribution in [3.05, 3.63) is 27.9 Å². The molecule has 0 spiro atoms. The van der Waals surface area contributed by atoms with Crippen molar-refractivity contribution in [1.82, 2.24) is 10.3 Å². The van der Waals surface area contributed by atoms with Crippen LogP contribution in [0.4, 0.5) is 11.5 Å². The summed E-state index contributed by atoms with van der Waals surface area (Å²) in [5.41, 5.74) is -0.265. The Morgan fingerprint density at radius 2 is 2.24 bits per heavy atom. The largest absolute Gasteiger partial charge is 0.381 e. The Kier molecular flexibility index (Phi) is 5.04. The van der Waals surface area contributed by atoms with Crippen LogP contribution in [0.5, 0.6) is 0 Å². The molecule has 0 unspecified atom stereocenters. The van der Waals surface area contributed by atoms with Crippen LogP contribution in [0.3, 0.4) is 0 Å². The van der Waals surface area contributed by atoms with E-state index in [0.29, 0.717) is 38.4 Å². The van der Waals surface area contributed by atoms with E-state index in [-0.39, 0.29) is 17.3 Å². The van der Waals surface area contributed by atoms with Gasteiger partial charge in [-0.05, 0) is 19.8 Å². The van der Waals surface area contributed by atoms with Gasteiger partial charge in [0.2, 0.25) is 0 Å². The molecule has 0 radical (unpaired) electrons. The van der Waals surface area contributed by atoms with Gasteiger partial charge < -0.3 is 15.4 Å². The lowest BCUT2D eigenvalue weighted by Crippen LogP contribution is -2.39. The lowest BCUT2D eigenvalue weighted by atomic mass is 10.1. The zero-order valence-electron chi connectivity index (χ0n) is 11.8. The minimum absolute atomic E-state index is 0.0124. The van der Waals surface area contributed by atoms with Crippen LogP contribution in [0.1, 0.15) is 30.1 Å². The van der Waals surface area contributed by atoms with Gasteiger partial charge in [0.25, 0.3) is 11.6 Å². The molecule has 1 aliphatic heterocycles. The number of amides is 1. The molecule has 21 heavy (non-hydrogen) atoms. The lowest BCUT2D eigenvalue weighted by Gasteiger charge is -2.23. The second-order valence-corrected chi connectivity index (χ2v) is 4.73. The molecule has 1 fully saturated rings. The van der Waals surface area contributed by atoms with E-state index in [2.05, 4.69) is 15.6 Å². The monoisotopic (exact) mass is 294 g/mol. The van der Waals surface area contributed by atoms with Gasteiger partial charge in [0.1, 0.15) is 17.6 Å². The Bertz CT molecular complexity index is 529. The smallest absolute Gasteiger partial charge is 0.300 e. The number of aromatic nitrogens is 1. The van der Waals surface area contributed by atoms with Gasteiger partial charge in [0.15, 0.2) is 0 Å². The summed E-state index contributed by atoms with van der Waals surface area (Å²) in [6.07, 6.45) is 2.53. The minimum atomic E-state index is -0.596. The zero-order chi connectivity index (χ0) is 15.2. The highest BCUT2D eigenvalue weighted by atomic mass is 16.6. The van der Waals surface area contributed by atoms with E-state index in [1.54, 1.807) is 0 Å². The Morgan fingerprint density at radius 3 is 2.86 bits per heavy atom. The molecule has 0 aliphatic carbocycles. The maximum absolute atomic E-state index is 12.3. The average Bonchev–Trinajstić information content (AvgIpc) is 2.48. The van der Waals surface area contributed by atoms with Gasteiger partial charge in [-0.15, -0.1) is 0 Å². The molecular formula is C13H18N4O4. The molecule has 1 saturated heterocycles. The first-order valence-corrected chi connectivity index (χ1v) is 6.88. The molecule has 1 aliphatic rings. The molecular weight excluding hydrogens is 276 g/mol. The van der Waals surface area contributed by atoms with E-state index in [1.165, 1.54) is 6.07 Å². The van der Waals surface area contributed by atoms with Crippen LogP contribution in [0.2, 0.25) is 0 Å². The molecule has 1 amide bonds. The van der Waals surface area contributed by atoms with Crippen LogP contribution in [-0.2, 0) is 4.74 Å². The molecule has 2 rings (SSSR count). The average molecular weight is 294 g/mol. The molecule has 0 bridgehead atoms. The van der Waals surface area contributed by atoms with Crippen molar-refractivity contribution in [2.24, 2.45) is 0 Å². The third kappa shape index (κ3) is 3.88. The van der Waals surface area contributed by atoms with Crippen molar-refractivity contribution in [2.45, 2.75) is 25.8 Å². The molecule has 0 aromatic carbocycles. The Hall–Kier alpha value is -2.22. The highest BCUT2D eigenvalue weighted by Crippen LogP contribution is 2.21. The summed E-state index contributed by atoms with van der Waals surface area (Å²) >= 11 is 0. The van der Waals surface area contributed by atoms with E-state index < -0.39 is 10.8 Å². The molecule has 1 aromatic rings. The van der Waals surface area contributed by atoms with Crippen LogP contribution in [-0.4, -0.2) is 41.6 Å². The molecule has 0 saturated carbocycles. The van der Waals surface area contributed by atoms with Gasteiger partial charge in [0.05, 0.1) is 4.92 Å². The van der Waals surface area contributed by atoms with E-state index >= 15 is 0 Å². The fraction of sp³-hybridized carbons (Fsp3) is 0.538. The normalized spacial score (nSPS) is 15.5. The van der Waals surface area contributed by atoms with Crippen LogP contribution in [0.15, 0.2) is 12.3 Å². The lowest BCUT2D eigenvalue weighted by molar-refractivity contribution is -0.385. The molecule has 0 atom stereocenters. The van der Waals surface area contributed by atoms with Crippen LogP contribution >= 0.6 is 0 Å². The quantitative estimate of drug-likeness (QED) is 0.626. The SMILES string of the molecule is CCNc1cc(C(=O)NC2CCOCC2)c([N+](=O)[O-])cn1. The van der Waals surface area contributed by atoms with E-state index in [9.17, 15) is 14.9 Å². The van der Waals surface area contributed by atoms with Gasteiger partial charge in [-0.2, -0.15) is 0 Å². The summed E-state index contributed by atoms with van der Waals surface area (Å²) in [6, 6.07) is 1.40. The maximum Gasteiger partial charge on any atom is 0.300 e. The van der Waals surface area contributed by atoms with E-state index in [0.717, 1.165) is 6.20 Å². The van der Waals surface area contributed by atoms with Gasteiger partial charge in [-0.25, -0.2) is 4.98 Å². The van der Waals surface area contributed by atoms with Crippen molar-refractivity contribution in [3.63, 3.8) is 0 Å². The molecule has 1 aromatic heterocycles. The zero-order valence-corrected chi connectivity index (χ0v) is 11.8. The number of rotatable bonds is 5. The second-order valence-electron chi connectivity index (χ2n) is 4.73. The first-order valence-electron chi connectivity index (χ1n) is 6.88. The number of pyridine rings is 1. The van der Waals surface area contributed by atoms with Gasteiger partial charge in [-0.1, -0.05) is 0 Å². The van der Waals surface area contributed by atoms with Crippen molar-refractivity contribution in [3.8, 4) is 0 Å². The summed E-state index contributed by atoms with van der Waals surface area (Å²) in [5, 5.41) is 16.8. The second kappa shape index (κ2) is 6.98. The third-order valence-corrected chi connectivity index (χ3v) is 3.24. The number of hydrogen-bond donors (Lipinski definition) is 2. The minimum Gasteiger partial charge on any atom is -0.381 e. The predicted molar refractivity (Wildman–Crippen MR) is 76.4 cm³/mol. The van der Waals surface area contributed by atoms with Crippen LogP contribution in [0, 0.1) is 10.1 Å². The summed E-state index contributed by atoms with van der Waals surface area (Å²) in [7, 11) is 0. The molecule has 2 N–H and O–H groups in total. The maximum atomic E-state index is 12.3. The fourth-order valence-corrected chi connectivity index (χ4v) is 2.16. The first kappa shape index (κ1) is 15.2. The molecule has 8 heteroatoms. The van der Waals surface area contributed by atoms with E-state index in [4.69, 9.17) is 4.74 Å². The number of nitrogens with one attached hydrogen (secondary N) is 2. The van der Waals surface area contributed by atoms with Crippen LogP contribution in [0.25, 0.3) is 0 Å². The Balaban J connectivity index is 2.19. The number of anilines is 1. The number of hydrogen-bond acceptors (Lipinski definition) is 6.